The fourth-order valence-corrected chi connectivity index (χ4v) is 1.78. The molecule has 0 aliphatic heterocycles. The third-order valence-corrected chi connectivity index (χ3v) is 2.80. The first kappa shape index (κ1) is 16.3. The van der Waals surface area contributed by atoms with Gasteiger partial charge in [0.05, 0.1) is 14.2 Å². The van der Waals surface area contributed by atoms with E-state index < -0.39 is 0 Å². The quantitative estimate of drug-likeness (QED) is 0.718. The molecule has 0 spiro atoms. The lowest BCUT2D eigenvalue weighted by atomic mass is 10.2. The van der Waals surface area contributed by atoms with Crippen LogP contribution in [0.1, 0.15) is 26.7 Å². The highest BCUT2D eigenvalue weighted by molar-refractivity contribution is 5.91. The molecule has 0 saturated heterocycles. The first-order valence-corrected chi connectivity index (χ1v) is 6.82. The molecule has 5 heteroatoms. The Labute approximate surface area is 120 Å². The fraction of sp³-hybridized carbons (Fsp3) is 0.533. The molecule has 0 aliphatic rings. The van der Waals surface area contributed by atoms with Crippen molar-refractivity contribution < 1.29 is 14.3 Å². The average Bonchev–Trinajstić information content (AvgIpc) is 2.43. The van der Waals surface area contributed by atoms with Gasteiger partial charge in [-0.05, 0) is 25.1 Å². The molecular weight excluding hydrogens is 256 g/mol. The van der Waals surface area contributed by atoms with Gasteiger partial charge in [0, 0.05) is 24.2 Å². The first-order chi connectivity index (χ1) is 9.56. The second-order valence-corrected chi connectivity index (χ2v) is 4.83. The summed E-state index contributed by atoms with van der Waals surface area (Å²) in [5.41, 5.74) is 0.712. The van der Waals surface area contributed by atoms with Crippen molar-refractivity contribution in [1.82, 2.24) is 5.32 Å². The van der Waals surface area contributed by atoms with Crippen LogP contribution >= 0.6 is 0 Å². The van der Waals surface area contributed by atoms with Crippen LogP contribution in [0.2, 0.25) is 0 Å². The van der Waals surface area contributed by atoms with Crippen molar-refractivity contribution in [2.45, 2.75) is 32.7 Å². The zero-order valence-corrected chi connectivity index (χ0v) is 12.7. The molecule has 0 unspecified atom stereocenters. The molecule has 112 valence electrons. The summed E-state index contributed by atoms with van der Waals surface area (Å²) < 4.78 is 10.3. The monoisotopic (exact) mass is 280 g/mol. The molecule has 0 fully saturated rings. The number of methoxy groups -OCH3 is 2. The Hall–Kier alpha value is -1.75. The van der Waals surface area contributed by atoms with Gasteiger partial charge in [-0.2, -0.15) is 0 Å². The molecule has 5 nitrogen and oxygen atoms in total. The molecule has 0 atom stereocenters. The molecule has 0 bridgehead atoms. The fourth-order valence-electron chi connectivity index (χ4n) is 1.78. The molecular formula is C15H24N2O3. The van der Waals surface area contributed by atoms with Gasteiger partial charge in [-0.3, -0.25) is 4.79 Å². The first-order valence-electron chi connectivity index (χ1n) is 6.82. The maximum Gasteiger partial charge on any atom is 0.224 e. The lowest BCUT2D eigenvalue weighted by molar-refractivity contribution is -0.116. The van der Waals surface area contributed by atoms with Gasteiger partial charge in [0.2, 0.25) is 5.91 Å². The largest absolute Gasteiger partial charge is 0.493 e. The highest BCUT2D eigenvalue weighted by Gasteiger charge is 2.07. The standard InChI is InChI=1S/C15H24N2O3/c1-11(2)16-9-5-6-15(18)17-12-7-8-13(19-3)14(10-12)20-4/h7-8,10-11,16H,5-6,9H2,1-4H3,(H,17,18). The summed E-state index contributed by atoms with van der Waals surface area (Å²) in [6.07, 6.45) is 1.31. The van der Waals surface area contributed by atoms with Crippen LogP contribution in [0, 0.1) is 0 Å². The number of amides is 1. The number of hydrogen-bond acceptors (Lipinski definition) is 4. The van der Waals surface area contributed by atoms with E-state index in [9.17, 15) is 4.79 Å². The van der Waals surface area contributed by atoms with E-state index in [0.29, 0.717) is 29.6 Å². The summed E-state index contributed by atoms with van der Waals surface area (Å²) in [6, 6.07) is 5.77. The molecule has 20 heavy (non-hydrogen) atoms. The van der Waals surface area contributed by atoms with Crippen molar-refractivity contribution in [3.63, 3.8) is 0 Å². The van der Waals surface area contributed by atoms with Gasteiger partial charge in [-0.1, -0.05) is 13.8 Å². The molecule has 0 aromatic heterocycles. The summed E-state index contributed by atoms with van der Waals surface area (Å²) in [5.74, 6) is 1.25. The van der Waals surface area contributed by atoms with E-state index in [2.05, 4.69) is 24.5 Å². The van der Waals surface area contributed by atoms with Crippen molar-refractivity contribution >= 4 is 11.6 Å². The van der Waals surface area contributed by atoms with Crippen molar-refractivity contribution in [3.8, 4) is 11.5 Å². The van der Waals surface area contributed by atoms with Crippen LogP contribution in [-0.4, -0.2) is 32.7 Å². The molecule has 0 saturated carbocycles. The van der Waals surface area contributed by atoms with Gasteiger partial charge in [0.15, 0.2) is 11.5 Å². The number of carbonyl (C=O) groups excluding carboxylic acids is 1. The Morgan fingerprint density at radius 2 is 1.90 bits per heavy atom. The summed E-state index contributed by atoms with van der Waals surface area (Å²) in [7, 11) is 3.15. The molecule has 0 radical (unpaired) electrons. The number of nitrogens with one attached hydrogen (secondary N) is 2. The third kappa shape index (κ3) is 5.48. The summed E-state index contributed by atoms with van der Waals surface area (Å²) in [4.78, 5) is 11.8. The summed E-state index contributed by atoms with van der Waals surface area (Å²) in [6.45, 7) is 5.02. The molecule has 0 aliphatic carbocycles. The highest BCUT2D eigenvalue weighted by atomic mass is 16.5. The van der Waals surface area contributed by atoms with Gasteiger partial charge >= 0.3 is 0 Å². The van der Waals surface area contributed by atoms with Crippen LogP contribution in [0.25, 0.3) is 0 Å². The van der Waals surface area contributed by atoms with Crippen LogP contribution in [0.4, 0.5) is 5.69 Å². The van der Waals surface area contributed by atoms with E-state index in [-0.39, 0.29) is 5.91 Å². The molecule has 1 rings (SSSR count). The van der Waals surface area contributed by atoms with Gasteiger partial charge in [-0.25, -0.2) is 0 Å². The van der Waals surface area contributed by atoms with Crippen molar-refractivity contribution in [1.29, 1.82) is 0 Å². The van der Waals surface area contributed by atoms with E-state index in [1.165, 1.54) is 0 Å². The van der Waals surface area contributed by atoms with Crippen LogP contribution < -0.4 is 20.1 Å². The normalized spacial score (nSPS) is 10.4. The van der Waals surface area contributed by atoms with E-state index >= 15 is 0 Å². The molecule has 1 aromatic rings. The van der Waals surface area contributed by atoms with Crippen LogP contribution in [0.15, 0.2) is 18.2 Å². The maximum atomic E-state index is 11.8. The number of hydrogen-bond donors (Lipinski definition) is 2. The van der Waals surface area contributed by atoms with Crippen molar-refractivity contribution in [2.75, 3.05) is 26.1 Å². The van der Waals surface area contributed by atoms with Crippen LogP contribution in [0.5, 0.6) is 11.5 Å². The number of carbonyl (C=O) groups is 1. The Balaban J connectivity index is 2.45. The van der Waals surface area contributed by atoms with E-state index in [1.807, 2.05) is 0 Å². The minimum absolute atomic E-state index is 0.00257. The Bertz CT molecular complexity index is 433. The van der Waals surface area contributed by atoms with E-state index in [1.54, 1.807) is 32.4 Å². The van der Waals surface area contributed by atoms with Crippen LogP contribution in [0.3, 0.4) is 0 Å². The Morgan fingerprint density at radius 1 is 1.20 bits per heavy atom. The number of rotatable bonds is 8. The second-order valence-electron chi connectivity index (χ2n) is 4.83. The number of ether oxygens (including phenoxy) is 2. The molecule has 0 heterocycles. The minimum Gasteiger partial charge on any atom is -0.493 e. The minimum atomic E-state index is 0.00257. The topological polar surface area (TPSA) is 59.6 Å². The summed E-state index contributed by atoms with van der Waals surface area (Å²) >= 11 is 0. The van der Waals surface area contributed by atoms with E-state index in [0.717, 1.165) is 13.0 Å². The van der Waals surface area contributed by atoms with Crippen LogP contribution in [-0.2, 0) is 4.79 Å². The lowest BCUT2D eigenvalue weighted by Gasteiger charge is -2.11. The number of anilines is 1. The van der Waals surface area contributed by atoms with E-state index in [4.69, 9.17) is 9.47 Å². The van der Waals surface area contributed by atoms with Gasteiger partial charge in [-0.15, -0.1) is 0 Å². The zero-order valence-electron chi connectivity index (χ0n) is 12.7. The predicted octanol–water partition coefficient (Wildman–Crippen LogP) is 2.42. The SMILES string of the molecule is COc1ccc(NC(=O)CCCNC(C)C)cc1OC. The lowest BCUT2D eigenvalue weighted by Crippen LogP contribution is -2.24. The summed E-state index contributed by atoms with van der Waals surface area (Å²) in [5, 5.41) is 6.14. The zero-order chi connectivity index (χ0) is 15.0. The third-order valence-electron chi connectivity index (χ3n) is 2.80. The van der Waals surface area contributed by atoms with Gasteiger partial charge in [0.25, 0.3) is 0 Å². The smallest absolute Gasteiger partial charge is 0.224 e. The van der Waals surface area contributed by atoms with Gasteiger partial charge in [0.1, 0.15) is 0 Å². The Morgan fingerprint density at radius 3 is 2.50 bits per heavy atom. The predicted molar refractivity (Wildman–Crippen MR) is 80.5 cm³/mol. The second kappa shape index (κ2) is 8.43. The molecule has 1 aromatic carbocycles. The molecule has 2 N–H and O–H groups in total. The van der Waals surface area contributed by atoms with Crippen molar-refractivity contribution in [2.24, 2.45) is 0 Å². The maximum absolute atomic E-state index is 11.8. The highest BCUT2D eigenvalue weighted by Crippen LogP contribution is 2.29. The number of benzene rings is 1. The molecule has 1 amide bonds. The average molecular weight is 280 g/mol. The van der Waals surface area contributed by atoms with Crippen molar-refractivity contribution in [3.05, 3.63) is 18.2 Å². The Kier molecular flexibility index (Phi) is 6.87. The van der Waals surface area contributed by atoms with Gasteiger partial charge < -0.3 is 20.1 Å².